The molecule has 150 valence electrons. The summed E-state index contributed by atoms with van der Waals surface area (Å²) in [4.78, 5) is 28.9. The van der Waals surface area contributed by atoms with Crippen LogP contribution in [0.4, 0.5) is 5.82 Å². The lowest BCUT2D eigenvalue weighted by atomic mass is 9.72. The van der Waals surface area contributed by atoms with E-state index in [9.17, 15) is 9.59 Å². The van der Waals surface area contributed by atoms with E-state index in [2.05, 4.69) is 15.1 Å². The van der Waals surface area contributed by atoms with Gasteiger partial charge in [0.05, 0.1) is 5.69 Å². The molecule has 4 heterocycles. The van der Waals surface area contributed by atoms with Crippen molar-refractivity contribution in [3.05, 3.63) is 42.5 Å². The minimum atomic E-state index is -0.511. The maximum absolute atomic E-state index is 12.6. The maximum atomic E-state index is 12.6. The Hall–Kier alpha value is -2.96. The van der Waals surface area contributed by atoms with Crippen LogP contribution in [0, 0.1) is 11.8 Å². The molecule has 7 heteroatoms. The van der Waals surface area contributed by atoms with Crippen LogP contribution in [-0.4, -0.2) is 52.1 Å². The molecule has 29 heavy (non-hydrogen) atoms. The van der Waals surface area contributed by atoms with Crippen LogP contribution >= 0.6 is 0 Å². The Balaban J connectivity index is 1.41. The second kappa shape index (κ2) is 7.13. The molecule has 3 saturated heterocycles. The molecule has 0 unspecified atom stereocenters. The van der Waals surface area contributed by atoms with Crippen molar-refractivity contribution in [1.29, 1.82) is 0 Å². The van der Waals surface area contributed by atoms with Crippen molar-refractivity contribution in [2.45, 2.75) is 37.8 Å². The average Bonchev–Trinajstić information content (AvgIpc) is 2.75. The number of aromatic nitrogens is 2. The third-order valence-electron chi connectivity index (χ3n) is 6.68. The molecule has 3 aliphatic rings. The van der Waals surface area contributed by atoms with E-state index in [0.29, 0.717) is 18.9 Å². The minimum absolute atomic E-state index is 0.0418. The molecule has 1 aromatic carbocycles. The predicted octanol–water partition coefficient (Wildman–Crippen LogP) is 1.83. The van der Waals surface area contributed by atoms with E-state index in [1.54, 1.807) is 0 Å². The summed E-state index contributed by atoms with van der Waals surface area (Å²) in [5, 5.41) is 8.89. The van der Waals surface area contributed by atoms with Gasteiger partial charge in [0, 0.05) is 37.0 Å². The van der Waals surface area contributed by atoms with Gasteiger partial charge < -0.3 is 15.5 Å². The number of benzene rings is 1. The van der Waals surface area contributed by atoms with Crippen LogP contribution in [-0.2, 0) is 9.59 Å². The molecule has 0 radical (unpaired) electrons. The molecule has 0 aliphatic carbocycles. The Bertz CT molecular complexity index is 917. The number of nitrogens with zero attached hydrogens (tertiary/aromatic N) is 4. The Morgan fingerprint density at radius 2 is 1.83 bits per heavy atom. The van der Waals surface area contributed by atoms with E-state index in [-0.39, 0.29) is 23.8 Å². The van der Waals surface area contributed by atoms with Crippen LogP contribution in [0.2, 0.25) is 0 Å². The van der Waals surface area contributed by atoms with Crippen molar-refractivity contribution in [3.63, 3.8) is 0 Å². The van der Waals surface area contributed by atoms with Crippen molar-refractivity contribution in [1.82, 2.24) is 15.1 Å². The smallest absolute Gasteiger partial charge is 0.240 e. The Kier molecular flexibility index (Phi) is 4.45. The number of carbonyl (C=O) groups excluding carboxylic acids is 2. The largest absolute Gasteiger partial charge is 0.368 e. The van der Waals surface area contributed by atoms with Gasteiger partial charge in [-0.25, -0.2) is 0 Å². The molecule has 7 nitrogen and oxygen atoms in total. The number of hydrogen-bond acceptors (Lipinski definition) is 5. The van der Waals surface area contributed by atoms with E-state index in [1.807, 2.05) is 47.4 Å². The number of hydrogen-bond donors (Lipinski definition) is 1. The normalized spacial score (nSPS) is 28.8. The lowest BCUT2D eigenvalue weighted by molar-refractivity contribution is -0.155. The molecule has 3 aliphatic heterocycles. The topological polar surface area (TPSA) is 92.4 Å². The highest BCUT2D eigenvalue weighted by Gasteiger charge is 2.51. The van der Waals surface area contributed by atoms with Crippen molar-refractivity contribution in [2.75, 3.05) is 18.0 Å². The van der Waals surface area contributed by atoms with E-state index in [4.69, 9.17) is 5.73 Å². The second-order valence-corrected chi connectivity index (χ2v) is 8.41. The number of nitrogens with two attached hydrogens (primary N) is 1. The highest BCUT2D eigenvalue weighted by molar-refractivity contribution is 5.88. The third kappa shape index (κ3) is 3.14. The van der Waals surface area contributed by atoms with Crippen LogP contribution in [0.5, 0.6) is 0 Å². The van der Waals surface area contributed by atoms with Gasteiger partial charge in [0.15, 0.2) is 5.82 Å². The Labute approximate surface area is 169 Å². The number of piperidine rings is 3. The molecule has 2 amide bonds. The Morgan fingerprint density at radius 1 is 1.03 bits per heavy atom. The number of rotatable bonds is 3. The summed E-state index contributed by atoms with van der Waals surface area (Å²) in [7, 11) is 0. The number of anilines is 1. The van der Waals surface area contributed by atoms with Gasteiger partial charge in [-0.05, 0) is 37.3 Å². The van der Waals surface area contributed by atoms with Gasteiger partial charge in [0.25, 0.3) is 0 Å². The number of primary amides is 1. The highest BCUT2D eigenvalue weighted by atomic mass is 16.2. The summed E-state index contributed by atoms with van der Waals surface area (Å²) in [5.41, 5.74) is 7.63. The molecule has 2 aromatic rings. The predicted molar refractivity (Wildman–Crippen MR) is 109 cm³/mol. The molecular weight excluding hydrogens is 366 g/mol. The fourth-order valence-corrected chi connectivity index (χ4v) is 5.47. The number of fused-ring (bicyclic) bond motifs is 4. The first-order valence-corrected chi connectivity index (χ1v) is 10.4. The van der Waals surface area contributed by atoms with E-state index >= 15 is 0 Å². The van der Waals surface area contributed by atoms with Gasteiger partial charge in [0.1, 0.15) is 6.04 Å². The first kappa shape index (κ1) is 18.1. The van der Waals surface area contributed by atoms with Crippen LogP contribution in [0.25, 0.3) is 11.3 Å². The van der Waals surface area contributed by atoms with Crippen LogP contribution < -0.4 is 10.6 Å². The standard InChI is InChI=1S/C22H25N5O2/c23-22(29)21-16-11-15(18-7-4-8-20(28)27(18)21)12-26(13-16)19-10-9-17(24-25-19)14-5-2-1-3-6-14/h1-3,5-6,9-10,15-16,18,21H,4,7-8,11-13H2,(H2,23,29)/t15-,16+,18-,21+/m0/s1. The molecule has 0 spiro atoms. The monoisotopic (exact) mass is 391 g/mol. The minimum Gasteiger partial charge on any atom is -0.368 e. The summed E-state index contributed by atoms with van der Waals surface area (Å²) >= 11 is 0. The lowest BCUT2D eigenvalue weighted by Crippen LogP contribution is -2.68. The first-order chi connectivity index (χ1) is 14.1. The lowest BCUT2D eigenvalue weighted by Gasteiger charge is -2.55. The number of amides is 2. The van der Waals surface area contributed by atoms with Crippen LogP contribution in [0.3, 0.4) is 0 Å². The summed E-state index contributed by atoms with van der Waals surface area (Å²) in [6.07, 6.45) is 3.29. The van der Waals surface area contributed by atoms with Crippen molar-refractivity contribution in [3.8, 4) is 11.3 Å². The van der Waals surface area contributed by atoms with E-state index in [0.717, 1.165) is 42.9 Å². The van der Waals surface area contributed by atoms with E-state index in [1.165, 1.54) is 0 Å². The zero-order valence-electron chi connectivity index (χ0n) is 16.3. The zero-order valence-corrected chi connectivity index (χ0v) is 16.3. The fourth-order valence-electron chi connectivity index (χ4n) is 5.47. The maximum Gasteiger partial charge on any atom is 0.240 e. The SMILES string of the molecule is NC(=O)[C@H]1[C@@H]2C[C@@H](CN(c3ccc(-c4ccccc4)nn3)C2)[C@@H]2CCCC(=O)N21. The molecule has 1 aromatic heterocycles. The van der Waals surface area contributed by atoms with Crippen molar-refractivity contribution >= 4 is 17.6 Å². The van der Waals surface area contributed by atoms with Gasteiger partial charge in [-0.2, -0.15) is 0 Å². The second-order valence-electron chi connectivity index (χ2n) is 8.41. The quantitative estimate of drug-likeness (QED) is 0.862. The molecule has 2 N–H and O–H groups in total. The number of carbonyl (C=O) groups is 2. The molecular formula is C22H25N5O2. The summed E-state index contributed by atoms with van der Waals surface area (Å²) in [6, 6.07) is 13.6. The van der Waals surface area contributed by atoms with Crippen molar-refractivity contribution in [2.24, 2.45) is 17.6 Å². The molecule has 3 fully saturated rings. The van der Waals surface area contributed by atoms with Gasteiger partial charge in [-0.15, -0.1) is 10.2 Å². The summed E-state index contributed by atoms with van der Waals surface area (Å²) < 4.78 is 0. The summed E-state index contributed by atoms with van der Waals surface area (Å²) in [6.45, 7) is 1.50. The van der Waals surface area contributed by atoms with Crippen LogP contribution in [0.1, 0.15) is 25.7 Å². The molecule has 0 saturated carbocycles. The average molecular weight is 391 g/mol. The van der Waals surface area contributed by atoms with E-state index < -0.39 is 6.04 Å². The molecule has 4 atom stereocenters. The Morgan fingerprint density at radius 3 is 2.55 bits per heavy atom. The van der Waals surface area contributed by atoms with Gasteiger partial charge in [0.2, 0.25) is 11.8 Å². The summed E-state index contributed by atoms with van der Waals surface area (Å²) in [5.74, 6) is 0.892. The molecule has 5 rings (SSSR count). The van der Waals surface area contributed by atoms with Gasteiger partial charge in [-0.1, -0.05) is 30.3 Å². The zero-order chi connectivity index (χ0) is 20.0. The first-order valence-electron chi connectivity index (χ1n) is 10.4. The third-order valence-corrected chi connectivity index (χ3v) is 6.68. The highest BCUT2D eigenvalue weighted by Crippen LogP contribution is 2.42. The fraction of sp³-hybridized carbons (Fsp3) is 0.455. The van der Waals surface area contributed by atoms with Gasteiger partial charge >= 0.3 is 0 Å². The van der Waals surface area contributed by atoms with Crippen molar-refractivity contribution < 1.29 is 9.59 Å². The van der Waals surface area contributed by atoms with Crippen LogP contribution in [0.15, 0.2) is 42.5 Å². The molecule has 2 bridgehead atoms. The van der Waals surface area contributed by atoms with Gasteiger partial charge in [-0.3, -0.25) is 9.59 Å².